The van der Waals surface area contributed by atoms with Crippen LogP contribution < -0.4 is 14.9 Å². The maximum atomic E-state index is 12.4. The molecule has 2 aliphatic heterocycles. The van der Waals surface area contributed by atoms with Gasteiger partial charge in [0, 0.05) is 5.46 Å². The lowest BCUT2D eigenvalue weighted by Crippen LogP contribution is -2.41. The summed E-state index contributed by atoms with van der Waals surface area (Å²) in [6.45, 7) is 18.6. The largest absolute Gasteiger partial charge is 0.498 e. The van der Waals surface area contributed by atoms with Crippen molar-refractivity contribution < 1.29 is 47.2 Å². The Bertz CT molecular complexity index is 1890. The molecule has 0 atom stereocenters. The third kappa shape index (κ3) is 12.9. The highest BCUT2D eigenvalue weighted by Crippen LogP contribution is 2.38. The normalized spacial score (nSPS) is 16.5. The van der Waals surface area contributed by atoms with Gasteiger partial charge in [-0.05, 0) is 120 Å². The van der Waals surface area contributed by atoms with Crippen LogP contribution in [-0.2, 0) is 41.3 Å². The van der Waals surface area contributed by atoms with Crippen LogP contribution in [0, 0.1) is 0 Å². The van der Waals surface area contributed by atoms with Crippen LogP contribution in [0.2, 0.25) is 6.82 Å². The molecule has 13 heteroatoms. The minimum Gasteiger partial charge on any atom is -0.497 e. The van der Waals surface area contributed by atoms with Crippen LogP contribution >= 0.6 is 15.9 Å². The van der Waals surface area contributed by atoms with E-state index in [2.05, 4.69) is 43.6 Å². The molecule has 0 amide bonds. The van der Waals surface area contributed by atoms with E-state index in [4.69, 9.17) is 37.6 Å². The molecule has 2 saturated heterocycles. The van der Waals surface area contributed by atoms with E-state index in [1.54, 1.807) is 50.6 Å². The van der Waals surface area contributed by atoms with Gasteiger partial charge in [0.1, 0.15) is 24.7 Å². The minimum absolute atomic E-state index is 0. The fraction of sp³-hybridized carbons (Fsp3) is 0.422. The van der Waals surface area contributed by atoms with Crippen molar-refractivity contribution in [2.24, 2.45) is 0 Å². The van der Waals surface area contributed by atoms with Gasteiger partial charge in [-0.1, -0.05) is 81.6 Å². The molecule has 10 nitrogen and oxygen atoms in total. The highest BCUT2D eigenvalue weighted by Gasteiger charge is 2.52. The van der Waals surface area contributed by atoms with Crippen molar-refractivity contribution in [3.05, 3.63) is 124 Å². The van der Waals surface area contributed by atoms with Gasteiger partial charge < -0.3 is 37.6 Å². The number of hydrogen-bond donors (Lipinski definition) is 0. The number of benzene rings is 4. The van der Waals surface area contributed by atoms with Crippen LogP contribution in [-0.4, -0.2) is 62.8 Å². The van der Waals surface area contributed by atoms with E-state index in [1.165, 1.54) is 0 Å². The van der Waals surface area contributed by atoms with E-state index in [1.807, 2.05) is 95.2 Å². The van der Waals surface area contributed by atoms with Gasteiger partial charge in [0.2, 0.25) is 0 Å². The highest BCUT2D eigenvalue weighted by molar-refractivity contribution is 9.10. The third-order valence-corrected chi connectivity index (χ3v) is 10.8. The molecule has 0 spiro atoms. The summed E-state index contributed by atoms with van der Waals surface area (Å²) in [6, 6.07) is 29.4. The van der Waals surface area contributed by atoms with E-state index in [0.29, 0.717) is 22.6 Å². The Morgan fingerprint density at radius 2 is 0.948 bits per heavy atom. The van der Waals surface area contributed by atoms with Gasteiger partial charge >= 0.3 is 26.2 Å². The summed E-state index contributed by atoms with van der Waals surface area (Å²) in [5.41, 5.74) is 2.31. The van der Waals surface area contributed by atoms with Crippen molar-refractivity contribution in [2.45, 2.75) is 113 Å². The van der Waals surface area contributed by atoms with E-state index in [0.717, 1.165) is 21.1 Å². The number of carbonyl (C=O) groups excluding carboxylic acids is 2. The molecule has 0 unspecified atom stereocenters. The highest BCUT2D eigenvalue weighted by atomic mass is 79.9. The monoisotopic (exact) mass is 862 g/mol. The standard InChI is InChI=1S/C21H25BO5.C15H13BrO3.C7H15BO2.2CH4/c1-20(2)21(3,4)27-22(26-20)17-12-11-16(13-18(17)24-5)19(23)25-14-15-9-7-6-8-10-15;1-18-14-9-12(7-8-13(14)16)15(17)19-10-11-5-3-2-4-6-11;1-6(2)7(3,4)10-8(5)9-6;;/h6-13H,14H2,1-5H3;2-9H,10H2,1H3;1-5H3;2*1H4. The summed E-state index contributed by atoms with van der Waals surface area (Å²) in [6.07, 6.45) is 0. The van der Waals surface area contributed by atoms with Crippen LogP contribution in [0.15, 0.2) is 102 Å². The molecular formula is C45H61B2BrO10. The van der Waals surface area contributed by atoms with Crippen molar-refractivity contribution in [1.29, 1.82) is 0 Å². The van der Waals surface area contributed by atoms with Gasteiger partial charge in [-0.15, -0.1) is 0 Å². The molecule has 0 N–H and O–H groups in total. The van der Waals surface area contributed by atoms with E-state index >= 15 is 0 Å². The molecule has 4 aromatic rings. The number of methoxy groups -OCH3 is 2. The molecule has 0 radical (unpaired) electrons. The zero-order valence-corrected chi connectivity index (χ0v) is 35.9. The first kappa shape index (κ1) is 50.0. The van der Waals surface area contributed by atoms with Crippen LogP contribution in [0.25, 0.3) is 0 Å². The molecule has 2 aliphatic rings. The van der Waals surface area contributed by atoms with Gasteiger partial charge in [0.25, 0.3) is 0 Å². The second-order valence-electron chi connectivity index (χ2n) is 15.3. The molecule has 314 valence electrons. The number of halogens is 1. The summed E-state index contributed by atoms with van der Waals surface area (Å²) in [5, 5.41) is 0. The first-order valence-electron chi connectivity index (χ1n) is 18.4. The number of rotatable bonds is 9. The van der Waals surface area contributed by atoms with Gasteiger partial charge in [-0.2, -0.15) is 0 Å². The predicted octanol–water partition coefficient (Wildman–Crippen LogP) is 10.1. The van der Waals surface area contributed by atoms with Crippen molar-refractivity contribution in [3.63, 3.8) is 0 Å². The van der Waals surface area contributed by atoms with Crippen molar-refractivity contribution in [1.82, 2.24) is 0 Å². The second kappa shape index (κ2) is 21.2. The summed E-state index contributed by atoms with van der Waals surface area (Å²) >= 11 is 3.34. The Morgan fingerprint density at radius 3 is 1.33 bits per heavy atom. The third-order valence-electron chi connectivity index (χ3n) is 10.2. The Labute approximate surface area is 355 Å². The molecule has 0 saturated carbocycles. The quantitative estimate of drug-likeness (QED) is 0.119. The molecule has 4 aromatic carbocycles. The molecular weight excluding hydrogens is 802 g/mol. The number of ether oxygens (including phenoxy) is 4. The topological polar surface area (TPSA) is 108 Å². The smallest absolute Gasteiger partial charge is 0.497 e. The summed E-state index contributed by atoms with van der Waals surface area (Å²) in [7, 11) is 2.49. The first-order chi connectivity index (χ1) is 26.3. The molecule has 0 aromatic heterocycles. The van der Waals surface area contributed by atoms with Gasteiger partial charge in [0.05, 0.1) is 52.2 Å². The lowest BCUT2D eigenvalue weighted by Gasteiger charge is -2.32. The fourth-order valence-electron chi connectivity index (χ4n) is 5.54. The Hall–Kier alpha value is -4.13. The maximum Gasteiger partial charge on any atom is 0.498 e. The summed E-state index contributed by atoms with van der Waals surface area (Å²) < 4.78 is 45.3. The zero-order valence-electron chi connectivity index (χ0n) is 34.3. The first-order valence-corrected chi connectivity index (χ1v) is 19.2. The van der Waals surface area contributed by atoms with Crippen LogP contribution in [0.1, 0.15) is 102 Å². The van der Waals surface area contributed by atoms with Crippen molar-refractivity contribution in [3.8, 4) is 11.5 Å². The molecule has 0 bridgehead atoms. The van der Waals surface area contributed by atoms with E-state index < -0.39 is 24.3 Å². The van der Waals surface area contributed by atoms with Gasteiger partial charge in [-0.3, -0.25) is 0 Å². The minimum atomic E-state index is -0.556. The molecule has 2 fully saturated rings. The molecule has 6 rings (SSSR count). The van der Waals surface area contributed by atoms with Gasteiger partial charge in [0.15, 0.2) is 0 Å². The molecule has 2 heterocycles. The van der Waals surface area contributed by atoms with Crippen LogP contribution in [0.5, 0.6) is 11.5 Å². The number of carbonyl (C=O) groups is 2. The average molecular weight is 864 g/mol. The second-order valence-corrected chi connectivity index (χ2v) is 16.2. The Kier molecular flexibility index (Phi) is 18.3. The lowest BCUT2D eigenvalue weighted by atomic mass is 9.78. The Balaban J connectivity index is 0.000000326. The molecule has 58 heavy (non-hydrogen) atoms. The summed E-state index contributed by atoms with van der Waals surface area (Å²) in [5.74, 6) is 0.365. The van der Waals surface area contributed by atoms with Crippen molar-refractivity contribution in [2.75, 3.05) is 14.2 Å². The van der Waals surface area contributed by atoms with E-state index in [9.17, 15) is 9.59 Å². The Morgan fingerprint density at radius 1 is 0.569 bits per heavy atom. The lowest BCUT2D eigenvalue weighted by molar-refractivity contribution is 0.00578. The van der Waals surface area contributed by atoms with Gasteiger partial charge in [-0.25, -0.2) is 9.59 Å². The number of hydrogen-bond acceptors (Lipinski definition) is 10. The predicted molar refractivity (Wildman–Crippen MR) is 236 cm³/mol. The van der Waals surface area contributed by atoms with Crippen molar-refractivity contribution >= 4 is 47.6 Å². The zero-order chi connectivity index (χ0) is 41.3. The molecule has 0 aliphatic carbocycles. The average Bonchev–Trinajstić information content (AvgIpc) is 3.50. The van der Waals surface area contributed by atoms with Crippen LogP contribution in [0.4, 0.5) is 0 Å². The number of esters is 2. The maximum absolute atomic E-state index is 12.4. The fourth-order valence-corrected chi connectivity index (χ4v) is 5.95. The SMILES string of the molecule is C.C.CB1OC(C)(C)C(C)(C)O1.COc1cc(C(=O)OCc2ccccc2)ccc1B1OC(C)(C)C(C)(C)O1.COc1cc(C(=O)OCc2ccccc2)ccc1Br. The summed E-state index contributed by atoms with van der Waals surface area (Å²) in [4.78, 5) is 24.3. The van der Waals surface area contributed by atoms with E-state index in [-0.39, 0.29) is 52.4 Å². The van der Waals surface area contributed by atoms with Crippen LogP contribution in [0.3, 0.4) is 0 Å².